The van der Waals surface area contributed by atoms with Gasteiger partial charge in [-0.25, -0.2) is 4.57 Å². The molecule has 266 valence electrons. The van der Waals surface area contributed by atoms with Crippen LogP contribution in [0.1, 0.15) is 119 Å². The lowest BCUT2D eigenvalue weighted by Crippen LogP contribution is -2.15. The Balaban J connectivity index is -0.0000000363. The number of rotatable bonds is 18. The van der Waals surface area contributed by atoms with E-state index in [0.29, 0.717) is 0 Å². The molecule has 15 N–H and O–H groups in total. The van der Waals surface area contributed by atoms with Crippen LogP contribution < -0.4 is 16.0 Å². The van der Waals surface area contributed by atoms with Crippen LogP contribution in [0.5, 0.6) is 0 Å². The molecule has 0 heterocycles. The summed E-state index contributed by atoms with van der Waals surface area (Å²) in [6.45, 7) is 20.6. The Kier molecular flexibility index (Phi) is 139. The maximum absolute atomic E-state index is 8.88. The summed E-state index contributed by atoms with van der Waals surface area (Å²) in [6.07, 6.45) is 15.8. The van der Waals surface area contributed by atoms with Crippen LogP contribution in [0.2, 0.25) is 0 Å². The van der Waals surface area contributed by atoms with E-state index in [2.05, 4.69) is 57.5 Å². The zero-order valence-electron chi connectivity index (χ0n) is 28.3. The highest BCUT2D eigenvalue weighted by Crippen LogP contribution is 2.25. The molecule has 13 nitrogen and oxygen atoms in total. The van der Waals surface area contributed by atoms with Gasteiger partial charge in [0.25, 0.3) is 0 Å². The molecule has 0 saturated carbocycles. The normalized spacial score (nSPS) is 8.46. The predicted octanol–water partition coefficient (Wildman–Crippen LogP) is 1.95. The second kappa shape index (κ2) is 83.4. The number of phosphoric acid groups is 1. The molecular weight excluding hydrogens is 557 g/mol. The minimum absolute atomic E-state index is 0. The van der Waals surface area contributed by atoms with Crippen LogP contribution in [0.3, 0.4) is 0 Å². The second-order valence-corrected chi connectivity index (χ2v) is 8.91. The summed E-state index contributed by atoms with van der Waals surface area (Å²) < 4.78 is 8.88. The number of nitrogens with one attached hydrogen (secondary N) is 3. The second-order valence-electron chi connectivity index (χ2n) is 7.88. The Hall–Kier alpha value is -0.250. The molecular formula is C27H78N3O10P. The van der Waals surface area contributed by atoms with E-state index in [9.17, 15) is 0 Å². The summed E-state index contributed by atoms with van der Waals surface area (Å²) in [5, 5.41) is 31.2. The fourth-order valence-electron chi connectivity index (χ4n) is 2.19. The average Bonchev–Trinajstić information content (AvgIpc) is 2.92. The molecule has 0 aliphatic carbocycles. The molecule has 0 bridgehead atoms. The highest BCUT2D eigenvalue weighted by Gasteiger charge is 2.00. The summed E-state index contributed by atoms with van der Waals surface area (Å²) in [6, 6.07) is 0. The molecule has 0 aromatic heterocycles. The van der Waals surface area contributed by atoms with Crippen LogP contribution in [-0.2, 0) is 4.57 Å². The van der Waals surface area contributed by atoms with E-state index in [1.807, 2.05) is 0 Å². The van der Waals surface area contributed by atoms with Crippen molar-refractivity contribution in [1.29, 1.82) is 0 Å². The zero-order chi connectivity index (χ0) is 31.3. The Morgan fingerprint density at radius 2 is 0.488 bits per heavy atom. The smallest absolute Gasteiger partial charge is 0.412 e. The molecule has 0 aliphatic rings. The van der Waals surface area contributed by atoms with Gasteiger partial charge in [-0.1, -0.05) is 80.1 Å². The first-order valence-electron chi connectivity index (χ1n) is 14.5. The van der Waals surface area contributed by atoms with Crippen molar-refractivity contribution in [3.63, 3.8) is 0 Å². The highest BCUT2D eigenvalue weighted by atomic mass is 31.2. The lowest BCUT2D eigenvalue weighted by Gasteiger charge is -1.99. The molecule has 0 aromatic rings. The van der Waals surface area contributed by atoms with Crippen molar-refractivity contribution < 1.29 is 51.0 Å². The van der Waals surface area contributed by atoms with Crippen molar-refractivity contribution in [2.75, 3.05) is 60.6 Å². The fourth-order valence-corrected chi connectivity index (χ4v) is 2.19. The summed E-state index contributed by atoms with van der Waals surface area (Å²) in [5.74, 6) is 0. The molecule has 41 heavy (non-hydrogen) atoms. The first-order valence-corrected chi connectivity index (χ1v) is 16.1. The Bertz CT molecular complexity index is 289. The predicted molar refractivity (Wildman–Crippen MR) is 178 cm³/mol. The van der Waals surface area contributed by atoms with Crippen molar-refractivity contribution in [3.8, 4) is 0 Å². The van der Waals surface area contributed by atoms with Crippen LogP contribution in [0, 0.1) is 0 Å². The third kappa shape index (κ3) is 180. The van der Waals surface area contributed by atoms with E-state index < -0.39 is 7.82 Å². The van der Waals surface area contributed by atoms with Crippen LogP contribution in [0.4, 0.5) is 0 Å². The van der Waals surface area contributed by atoms with Crippen LogP contribution in [0.15, 0.2) is 0 Å². The van der Waals surface area contributed by atoms with Gasteiger partial charge >= 0.3 is 7.82 Å². The zero-order valence-corrected chi connectivity index (χ0v) is 29.2. The molecule has 0 aromatic carbocycles. The van der Waals surface area contributed by atoms with Gasteiger partial charge in [0.15, 0.2) is 0 Å². The maximum Gasteiger partial charge on any atom is 0.466 e. The van der Waals surface area contributed by atoms with Gasteiger partial charge in [-0.2, -0.15) is 0 Å². The molecule has 0 unspecified atom stereocenters. The molecule has 0 saturated heterocycles. The number of hydrogen-bond acceptors (Lipinski definition) is 7. The van der Waals surface area contributed by atoms with Gasteiger partial charge in [0.1, 0.15) is 0 Å². The summed E-state index contributed by atoms with van der Waals surface area (Å²) >= 11 is 0. The van der Waals surface area contributed by atoms with Gasteiger partial charge < -0.3 is 62.4 Å². The lowest BCUT2D eigenvalue weighted by molar-refractivity contribution is 0.275. The van der Waals surface area contributed by atoms with Crippen molar-refractivity contribution >= 4 is 7.82 Å². The molecule has 0 rings (SSSR count). The van der Waals surface area contributed by atoms with Gasteiger partial charge in [-0.05, 0) is 77.8 Å². The van der Waals surface area contributed by atoms with Crippen LogP contribution in [0.25, 0.3) is 0 Å². The van der Waals surface area contributed by atoms with Gasteiger partial charge in [0.05, 0.1) is 0 Å². The Labute approximate surface area is 254 Å². The van der Waals surface area contributed by atoms with Crippen molar-refractivity contribution in [3.05, 3.63) is 0 Å². The average molecular weight is 636 g/mol. The Morgan fingerprint density at radius 3 is 0.561 bits per heavy atom. The van der Waals surface area contributed by atoms with Crippen molar-refractivity contribution in [1.82, 2.24) is 16.0 Å². The minimum Gasteiger partial charge on any atom is -0.412 e. The van der Waals surface area contributed by atoms with Crippen LogP contribution in [-0.4, -0.2) is 107 Å². The topological polar surface area (TPSA) is 269 Å². The summed E-state index contributed by atoms with van der Waals surface area (Å²) in [5.41, 5.74) is 0. The minimum atomic E-state index is -4.64. The fraction of sp³-hybridized carbons (Fsp3) is 1.00. The first kappa shape index (κ1) is 68.1. The number of aliphatic hydroxyl groups excluding tert-OH is 3. The molecule has 0 radical (unpaired) electrons. The SMILES string of the molecule is CCCCNCCCC.CCCCNCCCC.CCCCNCCCC.CO.CO.CO.O.O.O.O=P(O)(O)O. The number of unbranched alkanes of at least 4 members (excludes halogenated alkanes) is 6. The molecule has 0 amide bonds. The number of hydrogen-bond donors (Lipinski definition) is 9. The standard InChI is InChI=1S/3C8H19N.3CH4O.H3O4P.3H2O/c3*1-3-5-7-9-8-6-4-2;3*1-2;1-5(2,3)4;;;/h3*9H,3-8H2,1-2H3;3*2H,1H3;(H3,1,2,3,4);3*1H2. The largest absolute Gasteiger partial charge is 0.466 e. The van der Waals surface area contributed by atoms with Crippen molar-refractivity contribution in [2.24, 2.45) is 0 Å². The Morgan fingerprint density at radius 1 is 0.390 bits per heavy atom. The molecule has 0 atom stereocenters. The van der Waals surface area contributed by atoms with Gasteiger partial charge in [0, 0.05) is 21.3 Å². The third-order valence-corrected chi connectivity index (χ3v) is 4.24. The lowest BCUT2D eigenvalue weighted by atomic mass is 10.3. The molecule has 0 fully saturated rings. The van der Waals surface area contributed by atoms with Gasteiger partial charge in [0.2, 0.25) is 0 Å². The van der Waals surface area contributed by atoms with E-state index in [0.717, 1.165) is 21.3 Å². The van der Waals surface area contributed by atoms with Crippen LogP contribution >= 0.6 is 7.82 Å². The quantitative estimate of drug-likeness (QED) is 0.0780. The summed E-state index contributed by atoms with van der Waals surface area (Å²) in [4.78, 5) is 21.6. The summed E-state index contributed by atoms with van der Waals surface area (Å²) in [7, 11) is -1.64. The third-order valence-electron chi connectivity index (χ3n) is 4.24. The van der Waals surface area contributed by atoms with Gasteiger partial charge in [-0.15, -0.1) is 0 Å². The number of aliphatic hydroxyl groups is 3. The molecule has 0 aliphatic heterocycles. The maximum atomic E-state index is 8.88. The first-order chi connectivity index (χ1) is 18.2. The molecule has 14 heteroatoms. The molecule has 0 spiro atoms. The van der Waals surface area contributed by atoms with E-state index >= 15 is 0 Å². The van der Waals surface area contributed by atoms with E-state index in [-0.39, 0.29) is 16.4 Å². The van der Waals surface area contributed by atoms with E-state index in [1.54, 1.807) is 0 Å². The van der Waals surface area contributed by atoms with E-state index in [1.165, 1.54) is 116 Å². The van der Waals surface area contributed by atoms with E-state index in [4.69, 9.17) is 34.6 Å². The van der Waals surface area contributed by atoms with Gasteiger partial charge in [-0.3, -0.25) is 0 Å². The highest BCUT2D eigenvalue weighted by molar-refractivity contribution is 7.45. The monoisotopic (exact) mass is 636 g/mol. The van der Waals surface area contributed by atoms with Crippen molar-refractivity contribution in [2.45, 2.75) is 119 Å².